The van der Waals surface area contributed by atoms with Crippen molar-refractivity contribution >= 4 is 32.6 Å². The van der Waals surface area contributed by atoms with Gasteiger partial charge >= 0.3 is 0 Å². The maximum Gasteiger partial charge on any atom is 0.211 e. The molecule has 0 unspecified atom stereocenters. The Morgan fingerprint density at radius 2 is 2.00 bits per heavy atom. The minimum Gasteiger partial charge on any atom is -0.218 e. The van der Waals surface area contributed by atoms with Crippen LogP contribution in [-0.4, -0.2) is 25.6 Å². The lowest BCUT2D eigenvalue weighted by atomic mass is 10.4. The molecule has 0 bridgehead atoms. The summed E-state index contributed by atoms with van der Waals surface area (Å²) in [5.74, 6) is 0.256. The molecule has 0 amide bonds. The highest BCUT2D eigenvalue weighted by Gasteiger charge is 2.04. The molecule has 3 nitrogen and oxygen atoms in total. The summed E-state index contributed by atoms with van der Waals surface area (Å²) in [6.07, 6.45) is 1.73. The Morgan fingerprint density at radius 1 is 1.40 bits per heavy atom. The minimum atomic E-state index is -2.95. The van der Waals surface area contributed by atoms with Crippen molar-refractivity contribution < 1.29 is 8.42 Å². The summed E-state index contributed by atoms with van der Waals surface area (Å²) < 4.78 is 24.8. The van der Waals surface area contributed by atoms with Crippen LogP contribution in [0.1, 0.15) is 12.8 Å². The van der Waals surface area contributed by atoms with Crippen LogP contribution < -0.4 is 4.72 Å². The van der Waals surface area contributed by atoms with Crippen molar-refractivity contribution in [3.63, 3.8) is 0 Å². The average molecular weight is 277 g/mol. The van der Waals surface area contributed by atoms with Crippen molar-refractivity contribution in [2.45, 2.75) is 12.8 Å². The van der Waals surface area contributed by atoms with Crippen molar-refractivity contribution in [1.29, 1.82) is 0 Å². The second kappa shape index (κ2) is 5.31. The normalized spacial score (nSPS) is 11.8. The van der Waals surface area contributed by atoms with Gasteiger partial charge in [-0.05, 0) is 24.3 Å². The smallest absolute Gasteiger partial charge is 0.211 e. The quantitative estimate of drug-likeness (QED) is 0.458. The van der Waals surface area contributed by atoms with Crippen molar-refractivity contribution in [3.8, 4) is 0 Å². The van der Waals surface area contributed by atoms with E-state index in [2.05, 4.69) is 27.3 Å². The third-order valence-electron chi connectivity index (χ3n) is 1.11. The van der Waals surface area contributed by atoms with Crippen molar-refractivity contribution in [1.82, 2.24) is 4.72 Å². The summed E-state index contributed by atoms with van der Waals surface area (Å²) in [4.78, 5) is 0. The molecule has 10 heavy (non-hydrogen) atoms. The van der Waals surface area contributed by atoms with Crippen molar-refractivity contribution in [2.24, 2.45) is 0 Å². The molecule has 0 aliphatic heterocycles. The van der Waals surface area contributed by atoms with Gasteiger partial charge in [-0.1, -0.05) is 22.6 Å². The first-order valence-electron chi connectivity index (χ1n) is 3.09. The largest absolute Gasteiger partial charge is 0.218 e. The molecule has 0 atom stereocenters. The fraction of sp³-hybridized carbons (Fsp3) is 1.00. The first-order chi connectivity index (χ1) is 4.62. The molecule has 0 spiro atoms. The zero-order valence-electron chi connectivity index (χ0n) is 5.93. The molecule has 0 radical (unpaired) electrons. The summed E-state index contributed by atoms with van der Waals surface area (Å²) in [5.41, 5.74) is 0. The van der Waals surface area contributed by atoms with Gasteiger partial charge in [0.05, 0.1) is 5.75 Å². The van der Waals surface area contributed by atoms with Crippen LogP contribution in [0.25, 0.3) is 0 Å². The van der Waals surface area contributed by atoms with Crippen LogP contribution in [0.15, 0.2) is 0 Å². The summed E-state index contributed by atoms with van der Waals surface area (Å²) in [5, 5.41) is 0. The monoisotopic (exact) mass is 277 g/mol. The predicted octanol–water partition coefficient (Wildman–Crippen LogP) is 0.751. The molecule has 0 aromatic heterocycles. The van der Waals surface area contributed by atoms with Gasteiger partial charge in [0, 0.05) is 0 Å². The van der Waals surface area contributed by atoms with Gasteiger partial charge in [0.2, 0.25) is 10.0 Å². The van der Waals surface area contributed by atoms with E-state index >= 15 is 0 Å². The predicted molar refractivity (Wildman–Crippen MR) is 51.0 cm³/mol. The maximum atomic E-state index is 10.8. The van der Waals surface area contributed by atoms with Crippen LogP contribution in [0.3, 0.4) is 0 Å². The SMILES string of the molecule is CNS(=O)(=O)CCCCI. The minimum absolute atomic E-state index is 0.256. The van der Waals surface area contributed by atoms with Crippen molar-refractivity contribution in [2.75, 3.05) is 17.2 Å². The van der Waals surface area contributed by atoms with Crippen molar-refractivity contribution in [3.05, 3.63) is 0 Å². The van der Waals surface area contributed by atoms with E-state index in [1.807, 2.05) is 0 Å². The number of nitrogens with one attached hydrogen (secondary N) is 1. The van der Waals surface area contributed by atoms with Gasteiger partial charge in [-0.25, -0.2) is 13.1 Å². The zero-order chi connectivity index (χ0) is 8.04. The molecule has 0 aliphatic carbocycles. The second-order valence-corrected chi connectivity index (χ2v) is 5.04. The molecule has 0 saturated carbocycles. The molecule has 0 heterocycles. The van der Waals surface area contributed by atoms with Crippen LogP contribution in [-0.2, 0) is 10.0 Å². The lowest BCUT2D eigenvalue weighted by Crippen LogP contribution is -2.21. The maximum absolute atomic E-state index is 10.8. The summed E-state index contributed by atoms with van der Waals surface area (Å²) >= 11 is 2.24. The molecule has 1 N–H and O–H groups in total. The van der Waals surface area contributed by atoms with E-state index in [9.17, 15) is 8.42 Å². The van der Waals surface area contributed by atoms with Gasteiger partial charge in [-0.2, -0.15) is 0 Å². The zero-order valence-corrected chi connectivity index (χ0v) is 8.91. The van der Waals surface area contributed by atoms with E-state index in [4.69, 9.17) is 0 Å². The molecule has 0 saturated heterocycles. The summed E-state index contributed by atoms with van der Waals surface area (Å²) in [7, 11) is -1.50. The number of unbranched alkanes of at least 4 members (excludes halogenated alkanes) is 1. The fourth-order valence-electron chi connectivity index (χ4n) is 0.489. The van der Waals surface area contributed by atoms with Crippen LogP contribution in [0.5, 0.6) is 0 Å². The summed E-state index contributed by atoms with van der Waals surface area (Å²) in [6, 6.07) is 0. The Bertz CT molecular complexity index is 166. The number of hydrogen-bond donors (Lipinski definition) is 1. The van der Waals surface area contributed by atoms with Crippen LogP contribution in [0.2, 0.25) is 0 Å². The molecular weight excluding hydrogens is 265 g/mol. The molecular formula is C5H12INO2S. The third-order valence-corrected chi connectivity index (χ3v) is 3.32. The standard InChI is InChI=1S/C5H12INO2S/c1-7-10(8,9)5-3-2-4-6/h7H,2-5H2,1H3. The molecule has 5 heteroatoms. The van der Waals surface area contributed by atoms with E-state index in [1.54, 1.807) is 0 Å². The number of rotatable bonds is 5. The van der Waals surface area contributed by atoms with Crippen LogP contribution >= 0.6 is 22.6 Å². The molecule has 0 aromatic rings. The van der Waals surface area contributed by atoms with Gasteiger partial charge in [0.25, 0.3) is 0 Å². The average Bonchev–Trinajstić information content (AvgIpc) is 1.89. The second-order valence-electron chi connectivity index (χ2n) is 1.92. The first-order valence-corrected chi connectivity index (χ1v) is 6.27. The Morgan fingerprint density at radius 3 is 2.40 bits per heavy atom. The highest BCUT2D eigenvalue weighted by atomic mass is 127. The van der Waals surface area contributed by atoms with E-state index < -0.39 is 10.0 Å². The molecule has 62 valence electrons. The molecule has 0 aliphatic rings. The van der Waals surface area contributed by atoms with Gasteiger partial charge in [0.1, 0.15) is 0 Å². The van der Waals surface area contributed by atoms with Gasteiger partial charge in [-0.15, -0.1) is 0 Å². The third kappa shape index (κ3) is 5.43. The highest BCUT2D eigenvalue weighted by Crippen LogP contribution is 1.96. The lowest BCUT2D eigenvalue weighted by Gasteiger charge is -1.99. The van der Waals surface area contributed by atoms with Gasteiger partial charge < -0.3 is 0 Å². The number of alkyl halides is 1. The lowest BCUT2D eigenvalue weighted by molar-refractivity contribution is 0.585. The Labute approximate surface area is 75.8 Å². The van der Waals surface area contributed by atoms with Crippen LogP contribution in [0, 0.1) is 0 Å². The first kappa shape index (κ1) is 10.6. The van der Waals surface area contributed by atoms with E-state index in [0.29, 0.717) is 0 Å². The Hall–Kier alpha value is 0.640. The topological polar surface area (TPSA) is 46.2 Å². The van der Waals surface area contributed by atoms with Gasteiger partial charge in [-0.3, -0.25) is 0 Å². The van der Waals surface area contributed by atoms with E-state index in [0.717, 1.165) is 17.3 Å². The van der Waals surface area contributed by atoms with Gasteiger partial charge in [0.15, 0.2) is 0 Å². The van der Waals surface area contributed by atoms with Crippen LogP contribution in [0.4, 0.5) is 0 Å². The fourth-order valence-corrected chi connectivity index (χ4v) is 1.82. The molecule has 0 aromatic carbocycles. The number of sulfonamides is 1. The molecule has 0 fully saturated rings. The van der Waals surface area contributed by atoms with E-state index in [-0.39, 0.29) is 5.75 Å². The van der Waals surface area contributed by atoms with E-state index in [1.165, 1.54) is 7.05 Å². The Balaban J connectivity index is 3.49. The summed E-state index contributed by atoms with van der Waals surface area (Å²) in [6.45, 7) is 0. The number of halogens is 1. The number of hydrogen-bond acceptors (Lipinski definition) is 2. The Kier molecular flexibility index (Phi) is 5.65. The highest BCUT2D eigenvalue weighted by molar-refractivity contribution is 14.1. The molecule has 0 rings (SSSR count).